The van der Waals surface area contributed by atoms with Crippen LogP contribution >= 0.6 is 0 Å². The van der Waals surface area contributed by atoms with Crippen LogP contribution in [0.25, 0.3) is 0 Å². The zero-order chi connectivity index (χ0) is 35.6. The predicted octanol–water partition coefficient (Wildman–Crippen LogP) is 5.61. The van der Waals surface area contributed by atoms with E-state index in [1.165, 1.54) is 0 Å². The normalized spacial score (nSPS) is 11.8. The molecule has 10 heteroatoms. The summed E-state index contributed by atoms with van der Waals surface area (Å²) < 4.78 is 33.0. The molecule has 0 amide bonds. The molecule has 2 N–H and O–H groups in total. The largest absolute Gasteiger partial charge is 0.491 e. The Bertz CT molecular complexity index is 1510. The number of ether oxygens (including phenoxy) is 6. The number of hydrogen-bond acceptors (Lipinski definition) is 10. The molecule has 4 aromatic rings. The van der Waals surface area contributed by atoms with Crippen LogP contribution in [0.15, 0.2) is 122 Å². The van der Waals surface area contributed by atoms with Gasteiger partial charge in [0.05, 0.1) is 13.2 Å². The second-order valence-corrected chi connectivity index (χ2v) is 10.8. The number of aliphatic hydroxyl groups excluding tert-OH is 2. The first kappa shape index (κ1) is 37.2. The first-order chi connectivity index (χ1) is 24.4. The number of hydrogen-bond donors (Lipinski definition) is 2. The summed E-state index contributed by atoms with van der Waals surface area (Å²) in [5.74, 6) is 1.13. The van der Waals surface area contributed by atoms with Crippen molar-refractivity contribution in [1.29, 1.82) is 0 Å². The van der Waals surface area contributed by atoms with Crippen molar-refractivity contribution in [3.05, 3.63) is 145 Å². The number of rotatable bonds is 21. The van der Waals surface area contributed by atoms with E-state index in [4.69, 9.17) is 28.4 Å². The number of aliphatic hydroxyl groups is 2. The second kappa shape index (κ2) is 20.1. The van der Waals surface area contributed by atoms with Crippen molar-refractivity contribution in [3.63, 3.8) is 0 Å². The third kappa shape index (κ3) is 11.3. The van der Waals surface area contributed by atoms with Crippen LogP contribution in [0.5, 0.6) is 23.0 Å². The highest BCUT2D eigenvalue weighted by molar-refractivity contribution is 5.81. The quantitative estimate of drug-likeness (QED) is 0.0650. The molecule has 0 spiro atoms. The van der Waals surface area contributed by atoms with E-state index in [9.17, 15) is 19.8 Å². The number of benzene rings is 4. The molecule has 0 heterocycles. The average molecular weight is 683 g/mol. The van der Waals surface area contributed by atoms with Crippen molar-refractivity contribution >= 4 is 11.9 Å². The lowest BCUT2D eigenvalue weighted by Gasteiger charge is -2.30. The molecule has 2 unspecified atom stereocenters. The van der Waals surface area contributed by atoms with Crippen LogP contribution in [0.1, 0.15) is 34.1 Å². The van der Waals surface area contributed by atoms with Crippen LogP contribution in [0.2, 0.25) is 0 Å². The fraction of sp³-hybridized carbons (Fsp3) is 0.250. The maximum Gasteiger partial charge on any atom is 0.330 e. The van der Waals surface area contributed by atoms with E-state index in [0.29, 0.717) is 23.0 Å². The Morgan fingerprint density at radius 1 is 0.460 bits per heavy atom. The maximum atomic E-state index is 11.4. The fourth-order valence-corrected chi connectivity index (χ4v) is 5.29. The Kier molecular flexibility index (Phi) is 14.9. The Morgan fingerprint density at radius 3 is 0.960 bits per heavy atom. The SMILES string of the molecule is C=CC(=O)OCCOc1ccc(C(c2ccc(OCCO)cc2)C(c2ccc(OCCO)cc2)c2ccc(OCCOC(=O)C=C)cc2)cc1. The topological polar surface area (TPSA) is 130 Å². The third-order valence-corrected chi connectivity index (χ3v) is 7.54. The average Bonchev–Trinajstić information content (AvgIpc) is 3.16. The van der Waals surface area contributed by atoms with Crippen LogP contribution < -0.4 is 18.9 Å². The molecule has 10 nitrogen and oxygen atoms in total. The van der Waals surface area contributed by atoms with E-state index in [-0.39, 0.29) is 64.7 Å². The first-order valence-electron chi connectivity index (χ1n) is 16.2. The van der Waals surface area contributed by atoms with Crippen LogP contribution in [0, 0.1) is 0 Å². The van der Waals surface area contributed by atoms with Crippen molar-refractivity contribution in [3.8, 4) is 23.0 Å². The smallest absolute Gasteiger partial charge is 0.330 e. The van der Waals surface area contributed by atoms with Gasteiger partial charge in [-0.25, -0.2) is 9.59 Å². The van der Waals surface area contributed by atoms with Crippen LogP contribution in [0.3, 0.4) is 0 Å². The zero-order valence-electron chi connectivity index (χ0n) is 27.8. The monoisotopic (exact) mass is 682 g/mol. The lowest BCUT2D eigenvalue weighted by atomic mass is 9.73. The molecule has 0 aromatic heterocycles. The summed E-state index contributed by atoms with van der Waals surface area (Å²) in [5.41, 5.74) is 4.05. The zero-order valence-corrected chi connectivity index (χ0v) is 27.8. The number of esters is 2. The molecule has 2 atom stereocenters. The molecule has 50 heavy (non-hydrogen) atoms. The molecule has 0 aliphatic heterocycles. The molecule has 0 fully saturated rings. The van der Waals surface area contributed by atoms with Gasteiger partial charge in [-0.2, -0.15) is 0 Å². The van der Waals surface area contributed by atoms with Crippen LogP contribution in [0.4, 0.5) is 0 Å². The molecule has 0 bridgehead atoms. The number of carbonyl (C=O) groups is 2. The highest BCUT2D eigenvalue weighted by Crippen LogP contribution is 2.44. The Balaban J connectivity index is 1.70. The standard InChI is InChI=1S/C40H42O10/c1-3-37(43)49-27-25-47-35-17-9-31(10-18-35)39(29-5-13-33(14-6-29)45-23-21-41)40(30-7-15-34(16-8-30)46-24-22-42)32-11-19-36(20-12-32)48-26-28-50-38(44)4-2/h3-20,39-42H,1-2,21-28H2. The van der Waals surface area contributed by atoms with Crippen molar-refractivity contribution in [2.24, 2.45) is 0 Å². The molecule has 262 valence electrons. The minimum atomic E-state index is -0.507. The van der Waals surface area contributed by atoms with Crippen LogP contribution in [-0.4, -0.2) is 75.0 Å². The van der Waals surface area contributed by atoms with Gasteiger partial charge in [-0.05, 0) is 70.8 Å². The van der Waals surface area contributed by atoms with Gasteiger partial charge in [0.25, 0.3) is 0 Å². The highest BCUT2D eigenvalue weighted by Gasteiger charge is 2.29. The van der Waals surface area contributed by atoms with Crippen molar-refractivity contribution in [1.82, 2.24) is 0 Å². The van der Waals surface area contributed by atoms with Gasteiger partial charge in [-0.15, -0.1) is 0 Å². The molecule has 0 aliphatic carbocycles. The van der Waals surface area contributed by atoms with Gasteiger partial charge in [0.1, 0.15) is 62.6 Å². The summed E-state index contributed by atoms with van der Waals surface area (Å²) in [6.45, 7) is 7.57. The minimum Gasteiger partial charge on any atom is -0.491 e. The van der Waals surface area contributed by atoms with Gasteiger partial charge in [0.2, 0.25) is 0 Å². The number of carbonyl (C=O) groups excluding carboxylic acids is 2. The van der Waals surface area contributed by atoms with Gasteiger partial charge in [0.15, 0.2) is 0 Å². The van der Waals surface area contributed by atoms with Gasteiger partial charge in [0, 0.05) is 24.0 Å². The second-order valence-electron chi connectivity index (χ2n) is 10.8. The molecule has 0 aliphatic rings. The first-order valence-corrected chi connectivity index (χ1v) is 16.2. The molecular formula is C40H42O10. The van der Waals surface area contributed by atoms with Crippen molar-refractivity contribution in [2.45, 2.75) is 11.8 Å². The fourth-order valence-electron chi connectivity index (χ4n) is 5.29. The Hall–Kier alpha value is -5.58. The van der Waals surface area contributed by atoms with Gasteiger partial charge >= 0.3 is 11.9 Å². The molecular weight excluding hydrogens is 640 g/mol. The van der Waals surface area contributed by atoms with Gasteiger partial charge in [-0.3, -0.25) is 0 Å². The maximum absolute atomic E-state index is 11.4. The minimum absolute atomic E-state index is 0.0880. The van der Waals surface area contributed by atoms with E-state index in [1.807, 2.05) is 97.1 Å². The van der Waals surface area contributed by atoms with Gasteiger partial charge in [-0.1, -0.05) is 61.7 Å². The van der Waals surface area contributed by atoms with E-state index in [0.717, 1.165) is 34.4 Å². The molecule has 0 radical (unpaired) electrons. The molecule has 0 saturated carbocycles. The summed E-state index contributed by atoms with van der Waals surface area (Å²) >= 11 is 0. The molecule has 0 saturated heterocycles. The van der Waals surface area contributed by atoms with Gasteiger partial charge < -0.3 is 38.6 Å². The summed E-state index contributed by atoms with van der Waals surface area (Å²) in [4.78, 5) is 22.7. The third-order valence-electron chi connectivity index (χ3n) is 7.54. The Labute approximate surface area is 292 Å². The lowest BCUT2D eigenvalue weighted by Crippen LogP contribution is -2.15. The summed E-state index contributed by atoms with van der Waals surface area (Å²) in [7, 11) is 0. The van der Waals surface area contributed by atoms with E-state index < -0.39 is 11.9 Å². The van der Waals surface area contributed by atoms with E-state index >= 15 is 0 Å². The van der Waals surface area contributed by atoms with Crippen LogP contribution in [-0.2, 0) is 19.1 Å². The Morgan fingerprint density at radius 2 is 0.720 bits per heavy atom. The summed E-state index contributed by atoms with van der Waals surface area (Å²) in [6, 6.07) is 31.2. The predicted molar refractivity (Wildman–Crippen MR) is 188 cm³/mol. The van der Waals surface area contributed by atoms with Crippen molar-refractivity contribution < 1.29 is 48.2 Å². The molecule has 4 aromatic carbocycles. The molecule has 4 rings (SSSR count). The summed E-state index contributed by atoms with van der Waals surface area (Å²) in [6.07, 6.45) is 2.22. The van der Waals surface area contributed by atoms with E-state index in [1.54, 1.807) is 0 Å². The highest BCUT2D eigenvalue weighted by atomic mass is 16.6. The summed E-state index contributed by atoms with van der Waals surface area (Å²) in [5, 5.41) is 18.5. The lowest BCUT2D eigenvalue weighted by molar-refractivity contribution is -0.139. The van der Waals surface area contributed by atoms with Crippen molar-refractivity contribution in [2.75, 3.05) is 52.9 Å². The van der Waals surface area contributed by atoms with E-state index in [2.05, 4.69) is 13.2 Å².